The topological polar surface area (TPSA) is 72.5 Å². The number of carbonyl (C=O) groups excluding carboxylic acids is 1. The number of carbonyl (C=O) groups is 1. The fraction of sp³-hybridized carbons (Fsp3) is 0.400. The molecule has 0 heterocycles. The van der Waals surface area contributed by atoms with Gasteiger partial charge in [0, 0.05) is 5.41 Å². The third-order valence-electron chi connectivity index (χ3n) is 2.82. The number of hydrogen-bond donors (Lipinski definition) is 1. The minimum Gasteiger partial charge on any atom is -0.468 e. The Kier molecular flexibility index (Phi) is 5.69. The first-order chi connectivity index (χ1) is 9.65. The lowest BCUT2D eigenvalue weighted by Gasteiger charge is -2.28. The maximum absolute atomic E-state index is 12.1. The second-order valence-corrected chi connectivity index (χ2v) is 7.30. The molecule has 1 unspecified atom stereocenters. The van der Waals surface area contributed by atoms with Gasteiger partial charge in [0.15, 0.2) is 0 Å². The fourth-order valence-corrected chi connectivity index (χ4v) is 2.83. The third-order valence-corrected chi connectivity index (χ3v) is 3.88. The number of ether oxygens (including phenoxy) is 1. The van der Waals surface area contributed by atoms with E-state index in [-0.39, 0.29) is 0 Å². The van der Waals surface area contributed by atoms with E-state index in [9.17, 15) is 13.2 Å². The van der Waals surface area contributed by atoms with Crippen LogP contribution in [-0.2, 0) is 19.6 Å². The third kappa shape index (κ3) is 5.69. The zero-order valence-corrected chi connectivity index (χ0v) is 13.5. The lowest BCUT2D eigenvalue weighted by molar-refractivity contribution is -0.145. The summed E-state index contributed by atoms with van der Waals surface area (Å²) >= 11 is 0. The predicted octanol–water partition coefficient (Wildman–Crippen LogP) is 2.16. The average molecular weight is 311 g/mol. The van der Waals surface area contributed by atoms with Crippen molar-refractivity contribution in [1.82, 2.24) is 4.72 Å². The number of esters is 1. The molecule has 1 aromatic carbocycles. The van der Waals surface area contributed by atoms with E-state index in [0.717, 1.165) is 11.0 Å². The Morgan fingerprint density at radius 1 is 1.24 bits per heavy atom. The van der Waals surface area contributed by atoms with Crippen LogP contribution in [-0.4, -0.2) is 27.5 Å². The van der Waals surface area contributed by atoms with Gasteiger partial charge in [-0.1, -0.05) is 51.1 Å². The SMILES string of the molecule is COC(=O)C(NS(=O)(=O)C=Cc1ccccc1)C(C)(C)C. The summed E-state index contributed by atoms with van der Waals surface area (Å²) in [5, 5.41) is 1.05. The fourth-order valence-electron chi connectivity index (χ4n) is 1.63. The van der Waals surface area contributed by atoms with Gasteiger partial charge in [0.2, 0.25) is 10.0 Å². The normalized spacial score (nSPS) is 14.1. The first kappa shape index (κ1) is 17.4. The monoisotopic (exact) mass is 311 g/mol. The van der Waals surface area contributed by atoms with Gasteiger partial charge in [0.25, 0.3) is 0 Å². The molecule has 0 amide bonds. The second-order valence-electron chi connectivity index (χ2n) is 5.70. The highest BCUT2D eigenvalue weighted by atomic mass is 32.2. The minimum absolute atomic E-state index is 0.596. The number of sulfonamides is 1. The number of rotatable bonds is 5. The van der Waals surface area contributed by atoms with Gasteiger partial charge in [-0.25, -0.2) is 8.42 Å². The van der Waals surface area contributed by atoms with Crippen LogP contribution in [0.25, 0.3) is 6.08 Å². The second kappa shape index (κ2) is 6.87. The molecular weight excluding hydrogens is 290 g/mol. The largest absolute Gasteiger partial charge is 0.468 e. The molecule has 21 heavy (non-hydrogen) atoms. The van der Waals surface area contributed by atoms with Crippen molar-refractivity contribution in [2.75, 3.05) is 7.11 Å². The van der Waals surface area contributed by atoms with Crippen molar-refractivity contribution in [3.8, 4) is 0 Å². The van der Waals surface area contributed by atoms with Gasteiger partial charge in [-0.3, -0.25) is 4.79 Å². The van der Waals surface area contributed by atoms with E-state index in [1.807, 2.05) is 18.2 Å². The molecule has 116 valence electrons. The lowest BCUT2D eigenvalue weighted by Crippen LogP contribution is -2.49. The first-order valence-corrected chi connectivity index (χ1v) is 8.03. The van der Waals surface area contributed by atoms with E-state index in [1.165, 1.54) is 13.2 Å². The predicted molar refractivity (Wildman–Crippen MR) is 82.8 cm³/mol. The van der Waals surface area contributed by atoms with E-state index >= 15 is 0 Å². The molecule has 6 heteroatoms. The van der Waals surface area contributed by atoms with Crippen molar-refractivity contribution in [3.05, 3.63) is 41.3 Å². The van der Waals surface area contributed by atoms with Crippen LogP contribution in [0.1, 0.15) is 26.3 Å². The molecule has 1 atom stereocenters. The van der Waals surface area contributed by atoms with Crippen LogP contribution < -0.4 is 4.72 Å². The molecule has 0 aliphatic rings. The summed E-state index contributed by atoms with van der Waals surface area (Å²) in [6, 6.07) is 8.09. The number of methoxy groups -OCH3 is 1. The molecule has 0 radical (unpaired) electrons. The highest BCUT2D eigenvalue weighted by Crippen LogP contribution is 2.21. The van der Waals surface area contributed by atoms with E-state index in [1.54, 1.807) is 32.9 Å². The van der Waals surface area contributed by atoms with Gasteiger partial charge < -0.3 is 4.74 Å². The summed E-state index contributed by atoms with van der Waals surface area (Å²) in [7, 11) is -2.52. The molecule has 1 rings (SSSR count). The van der Waals surface area contributed by atoms with Crippen molar-refractivity contribution in [1.29, 1.82) is 0 Å². The Morgan fingerprint density at radius 3 is 2.29 bits per heavy atom. The zero-order chi connectivity index (χ0) is 16.1. The smallest absolute Gasteiger partial charge is 0.324 e. The standard InChI is InChI=1S/C15H21NO4S/c1-15(2,3)13(14(17)20-4)16-21(18,19)11-10-12-8-6-5-7-9-12/h5-11,13,16H,1-4H3. The van der Waals surface area contributed by atoms with Gasteiger partial charge in [0.05, 0.1) is 7.11 Å². The maximum Gasteiger partial charge on any atom is 0.324 e. The summed E-state index contributed by atoms with van der Waals surface area (Å²) < 4.78 is 31.2. The van der Waals surface area contributed by atoms with E-state index in [0.29, 0.717) is 0 Å². The molecule has 0 aliphatic heterocycles. The number of nitrogens with one attached hydrogen (secondary N) is 1. The van der Waals surface area contributed by atoms with Crippen molar-refractivity contribution in [2.24, 2.45) is 5.41 Å². The Hall–Kier alpha value is -1.66. The summed E-state index contributed by atoms with van der Waals surface area (Å²) in [5.41, 5.74) is 0.161. The van der Waals surface area contributed by atoms with Gasteiger partial charge in [-0.2, -0.15) is 4.72 Å². The highest BCUT2D eigenvalue weighted by Gasteiger charge is 2.34. The maximum atomic E-state index is 12.1. The molecule has 0 saturated heterocycles. The number of benzene rings is 1. The zero-order valence-electron chi connectivity index (χ0n) is 12.7. The van der Waals surface area contributed by atoms with Crippen LogP contribution in [0.4, 0.5) is 0 Å². The van der Waals surface area contributed by atoms with Crippen molar-refractivity contribution < 1.29 is 17.9 Å². The first-order valence-electron chi connectivity index (χ1n) is 6.49. The lowest BCUT2D eigenvalue weighted by atomic mass is 9.87. The van der Waals surface area contributed by atoms with E-state index in [4.69, 9.17) is 0 Å². The molecule has 0 spiro atoms. The average Bonchev–Trinajstić information content (AvgIpc) is 2.42. The molecule has 1 N–H and O–H groups in total. The van der Waals surface area contributed by atoms with Gasteiger partial charge in [0.1, 0.15) is 6.04 Å². The molecule has 0 bridgehead atoms. The Balaban J connectivity index is 2.92. The molecule has 0 saturated carbocycles. The molecule has 0 fully saturated rings. The van der Waals surface area contributed by atoms with Crippen LogP contribution >= 0.6 is 0 Å². The Morgan fingerprint density at radius 2 is 1.81 bits per heavy atom. The summed E-state index contributed by atoms with van der Waals surface area (Å²) in [4.78, 5) is 11.7. The molecule has 1 aromatic rings. The quantitative estimate of drug-likeness (QED) is 0.846. The van der Waals surface area contributed by atoms with Crippen LogP contribution in [0.2, 0.25) is 0 Å². The van der Waals surface area contributed by atoms with Crippen LogP contribution in [0.15, 0.2) is 35.7 Å². The summed E-state index contributed by atoms with van der Waals surface area (Å²) in [6.45, 7) is 5.29. The minimum atomic E-state index is -3.75. The van der Waals surface area contributed by atoms with Crippen molar-refractivity contribution in [2.45, 2.75) is 26.8 Å². The Labute approximate surface area is 126 Å². The van der Waals surface area contributed by atoms with Crippen LogP contribution in [0.3, 0.4) is 0 Å². The van der Waals surface area contributed by atoms with Crippen molar-refractivity contribution in [3.63, 3.8) is 0 Å². The van der Waals surface area contributed by atoms with Crippen LogP contribution in [0.5, 0.6) is 0 Å². The summed E-state index contributed by atoms with van der Waals surface area (Å²) in [5.74, 6) is -0.612. The molecule has 5 nitrogen and oxygen atoms in total. The van der Waals surface area contributed by atoms with E-state index < -0.39 is 27.4 Å². The van der Waals surface area contributed by atoms with Gasteiger partial charge >= 0.3 is 5.97 Å². The Bertz CT molecular complexity index is 600. The van der Waals surface area contributed by atoms with Gasteiger partial charge in [-0.15, -0.1) is 0 Å². The molecular formula is C15H21NO4S. The molecule has 0 aliphatic carbocycles. The van der Waals surface area contributed by atoms with Gasteiger partial charge in [-0.05, 0) is 17.1 Å². The van der Waals surface area contributed by atoms with Crippen LogP contribution in [0, 0.1) is 5.41 Å². The highest BCUT2D eigenvalue weighted by molar-refractivity contribution is 7.92. The molecule has 0 aromatic heterocycles. The summed E-state index contributed by atoms with van der Waals surface area (Å²) in [6.07, 6.45) is 1.47. The number of hydrogen-bond acceptors (Lipinski definition) is 4. The van der Waals surface area contributed by atoms with E-state index in [2.05, 4.69) is 9.46 Å². The van der Waals surface area contributed by atoms with Crippen molar-refractivity contribution >= 4 is 22.1 Å².